The molecule has 0 radical (unpaired) electrons. The SMILES string of the molecule is OCCn1ccc(Nc2cc3[nH]ncc3c(Cc3cccc(F)c3F)n2)n1. The van der Waals surface area contributed by atoms with Crippen molar-refractivity contribution in [2.45, 2.75) is 13.0 Å². The fourth-order valence-electron chi connectivity index (χ4n) is 2.86. The van der Waals surface area contributed by atoms with E-state index in [0.29, 0.717) is 29.4 Å². The van der Waals surface area contributed by atoms with Gasteiger partial charge < -0.3 is 10.4 Å². The molecular weight excluding hydrogens is 354 g/mol. The lowest BCUT2D eigenvalue weighted by atomic mass is 10.1. The molecule has 138 valence electrons. The lowest BCUT2D eigenvalue weighted by Gasteiger charge is -2.08. The average molecular weight is 370 g/mol. The fourth-order valence-corrected chi connectivity index (χ4v) is 2.86. The van der Waals surface area contributed by atoms with Crippen LogP contribution in [0, 0.1) is 11.6 Å². The van der Waals surface area contributed by atoms with Gasteiger partial charge in [-0.25, -0.2) is 13.8 Å². The van der Waals surface area contributed by atoms with E-state index in [1.54, 1.807) is 29.2 Å². The molecule has 0 saturated carbocycles. The van der Waals surface area contributed by atoms with Crippen LogP contribution < -0.4 is 5.32 Å². The van der Waals surface area contributed by atoms with E-state index in [0.717, 1.165) is 11.5 Å². The van der Waals surface area contributed by atoms with Crippen molar-refractivity contribution in [3.8, 4) is 0 Å². The molecule has 0 bridgehead atoms. The van der Waals surface area contributed by atoms with Gasteiger partial charge in [0.15, 0.2) is 17.5 Å². The number of aliphatic hydroxyl groups is 1. The molecule has 0 atom stereocenters. The molecule has 0 saturated heterocycles. The molecule has 7 nitrogen and oxygen atoms in total. The van der Waals surface area contributed by atoms with Gasteiger partial charge in [0.25, 0.3) is 0 Å². The number of aliphatic hydroxyl groups excluding tert-OH is 1. The van der Waals surface area contributed by atoms with Crippen molar-refractivity contribution in [1.82, 2.24) is 25.0 Å². The van der Waals surface area contributed by atoms with Gasteiger partial charge in [0, 0.05) is 30.1 Å². The summed E-state index contributed by atoms with van der Waals surface area (Å²) in [5.41, 5.74) is 1.49. The van der Waals surface area contributed by atoms with E-state index in [9.17, 15) is 8.78 Å². The zero-order valence-electron chi connectivity index (χ0n) is 14.2. The second-order valence-corrected chi connectivity index (χ2v) is 5.99. The number of anilines is 2. The molecule has 0 aliphatic carbocycles. The molecule has 27 heavy (non-hydrogen) atoms. The highest BCUT2D eigenvalue weighted by Gasteiger charge is 2.14. The number of aromatic amines is 1. The number of pyridine rings is 1. The summed E-state index contributed by atoms with van der Waals surface area (Å²) < 4.78 is 29.2. The van der Waals surface area contributed by atoms with Crippen LogP contribution in [0.1, 0.15) is 11.3 Å². The molecule has 0 amide bonds. The van der Waals surface area contributed by atoms with Crippen molar-refractivity contribution in [2.24, 2.45) is 0 Å². The normalized spacial score (nSPS) is 11.2. The minimum atomic E-state index is -0.889. The Hall–Kier alpha value is -3.33. The number of halogens is 2. The van der Waals surface area contributed by atoms with E-state index in [-0.39, 0.29) is 18.6 Å². The zero-order valence-corrected chi connectivity index (χ0v) is 14.2. The summed E-state index contributed by atoms with van der Waals surface area (Å²) in [7, 11) is 0. The second kappa shape index (κ2) is 7.12. The molecule has 0 aliphatic rings. The second-order valence-electron chi connectivity index (χ2n) is 5.99. The molecule has 4 aromatic rings. The Kier molecular flexibility index (Phi) is 4.51. The van der Waals surface area contributed by atoms with Crippen LogP contribution in [0.15, 0.2) is 42.7 Å². The highest BCUT2D eigenvalue weighted by molar-refractivity contribution is 5.83. The van der Waals surface area contributed by atoms with Crippen LogP contribution in [0.3, 0.4) is 0 Å². The van der Waals surface area contributed by atoms with Gasteiger partial charge in [0.05, 0.1) is 30.6 Å². The van der Waals surface area contributed by atoms with Crippen LogP contribution >= 0.6 is 0 Å². The maximum Gasteiger partial charge on any atom is 0.162 e. The summed E-state index contributed by atoms with van der Waals surface area (Å²) in [6.07, 6.45) is 3.46. The Labute approximate surface area is 152 Å². The summed E-state index contributed by atoms with van der Waals surface area (Å²) in [5.74, 6) is -0.720. The van der Waals surface area contributed by atoms with E-state index in [1.807, 2.05) is 0 Å². The summed E-state index contributed by atoms with van der Waals surface area (Å²) in [4.78, 5) is 4.53. The first-order chi connectivity index (χ1) is 13.1. The van der Waals surface area contributed by atoms with Crippen molar-refractivity contribution in [3.63, 3.8) is 0 Å². The highest BCUT2D eigenvalue weighted by Crippen LogP contribution is 2.24. The smallest absolute Gasteiger partial charge is 0.162 e. The molecule has 0 spiro atoms. The van der Waals surface area contributed by atoms with Gasteiger partial charge >= 0.3 is 0 Å². The molecule has 3 N–H and O–H groups in total. The van der Waals surface area contributed by atoms with Crippen LogP contribution in [-0.4, -0.2) is 36.7 Å². The van der Waals surface area contributed by atoms with E-state index in [4.69, 9.17) is 5.11 Å². The van der Waals surface area contributed by atoms with E-state index in [2.05, 4.69) is 25.6 Å². The van der Waals surface area contributed by atoms with Gasteiger partial charge in [-0.2, -0.15) is 10.2 Å². The Bertz CT molecular complexity index is 1090. The predicted molar refractivity (Wildman–Crippen MR) is 95.6 cm³/mol. The predicted octanol–water partition coefficient (Wildman–Crippen LogP) is 2.76. The van der Waals surface area contributed by atoms with E-state index in [1.165, 1.54) is 12.1 Å². The number of fused-ring (bicyclic) bond motifs is 1. The Balaban J connectivity index is 1.67. The van der Waals surface area contributed by atoms with Crippen molar-refractivity contribution in [3.05, 3.63) is 65.6 Å². The third-order valence-corrected chi connectivity index (χ3v) is 4.13. The maximum atomic E-state index is 14.1. The van der Waals surface area contributed by atoms with Crippen molar-refractivity contribution in [2.75, 3.05) is 11.9 Å². The molecule has 1 aromatic carbocycles. The number of nitrogens with one attached hydrogen (secondary N) is 2. The monoisotopic (exact) mass is 370 g/mol. The van der Waals surface area contributed by atoms with Crippen LogP contribution in [0.5, 0.6) is 0 Å². The van der Waals surface area contributed by atoms with Crippen LogP contribution in [0.2, 0.25) is 0 Å². The quantitative estimate of drug-likeness (QED) is 0.485. The number of nitrogens with zero attached hydrogens (tertiary/aromatic N) is 4. The largest absolute Gasteiger partial charge is 0.394 e. The third kappa shape index (κ3) is 3.49. The first-order valence-electron chi connectivity index (χ1n) is 8.31. The highest BCUT2D eigenvalue weighted by atomic mass is 19.2. The lowest BCUT2D eigenvalue weighted by molar-refractivity contribution is 0.269. The number of hydrogen-bond donors (Lipinski definition) is 3. The Morgan fingerprint density at radius 2 is 2.07 bits per heavy atom. The standard InChI is InChI=1S/C18H16F2N6O/c19-13-3-1-2-11(18(13)20)8-14-12-10-21-24-15(12)9-17(22-14)23-16-4-5-26(25-16)6-7-27/h1-5,9-10,27H,6-8H2,(H,21,24)(H,22,23,25). The molecule has 4 rings (SSSR count). The number of benzene rings is 1. The van der Waals surface area contributed by atoms with Gasteiger partial charge in [-0.1, -0.05) is 12.1 Å². The van der Waals surface area contributed by atoms with Gasteiger partial charge in [-0.3, -0.25) is 9.78 Å². The maximum absolute atomic E-state index is 14.1. The molecule has 0 fully saturated rings. The van der Waals surface area contributed by atoms with Crippen molar-refractivity contribution in [1.29, 1.82) is 0 Å². The number of hydrogen-bond acceptors (Lipinski definition) is 5. The summed E-state index contributed by atoms with van der Waals surface area (Å²) >= 11 is 0. The Morgan fingerprint density at radius 3 is 2.93 bits per heavy atom. The van der Waals surface area contributed by atoms with Gasteiger partial charge in [-0.15, -0.1) is 0 Å². The average Bonchev–Trinajstić information content (AvgIpc) is 3.29. The number of H-pyrrole nitrogens is 1. The fraction of sp³-hybridized carbons (Fsp3) is 0.167. The minimum Gasteiger partial charge on any atom is -0.394 e. The molecule has 0 unspecified atom stereocenters. The topological polar surface area (TPSA) is 91.7 Å². The molecular formula is C18H16F2N6O. The van der Waals surface area contributed by atoms with E-state index < -0.39 is 11.6 Å². The van der Waals surface area contributed by atoms with Crippen molar-refractivity contribution < 1.29 is 13.9 Å². The molecule has 3 aromatic heterocycles. The molecule has 9 heteroatoms. The van der Waals surface area contributed by atoms with Gasteiger partial charge in [-0.05, 0) is 11.6 Å². The summed E-state index contributed by atoms with van der Waals surface area (Å²) in [6.45, 7) is 0.377. The van der Waals surface area contributed by atoms with E-state index >= 15 is 0 Å². The first kappa shape index (κ1) is 17.1. The summed E-state index contributed by atoms with van der Waals surface area (Å²) in [6, 6.07) is 7.60. The lowest BCUT2D eigenvalue weighted by Crippen LogP contribution is -2.04. The van der Waals surface area contributed by atoms with Crippen LogP contribution in [0.4, 0.5) is 20.4 Å². The third-order valence-electron chi connectivity index (χ3n) is 4.13. The molecule has 3 heterocycles. The summed E-state index contributed by atoms with van der Waals surface area (Å²) in [5, 5.41) is 23.9. The number of rotatable bonds is 6. The van der Waals surface area contributed by atoms with Gasteiger partial charge in [0.1, 0.15) is 5.82 Å². The van der Waals surface area contributed by atoms with Gasteiger partial charge in [0.2, 0.25) is 0 Å². The van der Waals surface area contributed by atoms with Crippen LogP contribution in [-0.2, 0) is 13.0 Å². The number of aromatic nitrogens is 5. The van der Waals surface area contributed by atoms with Crippen molar-refractivity contribution >= 4 is 22.5 Å². The first-order valence-corrected chi connectivity index (χ1v) is 8.31. The van der Waals surface area contributed by atoms with Crippen LogP contribution in [0.25, 0.3) is 10.9 Å². The zero-order chi connectivity index (χ0) is 18.8. The Morgan fingerprint density at radius 1 is 1.19 bits per heavy atom. The minimum absolute atomic E-state index is 0.0111. The molecule has 0 aliphatic heterocycles.